The normalized spacial score (nSPS) is 20.8. The molecule has 0 aromatic heterocycles. The highest BCUT2D eigenvalue weighted by Crippen LogP contribution is 2.33. The third-order valence-corrected chi connectivity index (χ3v) is 6.00. The number of nitrogens with one attached hydrogen (secondary N) is 1. The van der Waals surface area contributed by atoms with Gasteiger partial charge in [-0.15, -0.1) is 0 Å². The molecule has 0 bridgehead atoms. The average molecular weight is 419 g/mol. The summed E-state index contributed by atoms with van der Waals surface area (Å²) in [6.45, 7) is 13.8. The molecule has 7 nitrogen and oxygen atoms in total. The topological polar surface area (TPSA) is 58.6 Å². The summed E-state index contributed by atoms with van der Waals surface area (Å²) in [5, 5.41) is 3.50. The number of morpholine rings is 1. The van der Waals surface area contributed by atoms with Crippen LogP contribution in [0, 0.1) is 5.41 Å². The predicted octanol–water partition coefficient (Wildman–Crippen LogP) is 2.77. The van der Waals surface area contributed by atoms with Crippen LogP contribution in [0.1, 0.15) is 38.8 Å². The summed E-state index contributed by atoms with van der Waals surface area (Å²) < 4.78 is 16.6. The first-order chi connectivity index (χ1) is 14.5. The van der Waals surface area contributed by atoms with Crippen molar-refractivity contribution in [2.45, 2.75) is 33.2 Å². The van der Waals surface area contributed by atoms with Gasteiger partial charge in [0.25, 0.3) is 0 Å². The largest absolute Gasteiger partial charge is 0.493 e. The molecule has 0 amide bonds. The second-order valence-electron chi connectivity index (χ2n) is 8.81. The third-order valence-electron chi connectivity index (χ3n) is 6.00. The number of likely N-dealkylation sites (tertiary alicyclic amines) is 1. The molecule has 1 aromatic rings. The lowest BCUT2D eigenvalue weighted by Crippen LogP contribution is -2.43. The molecule has 2 aliphatic rings. The Morgan fingerprint density at radius 1 is 1.17 bits per heavy atom. The van der Waals surface area contributed by atoms with Gasteiger partial charge in [-0.2, -0.15) is 0 Å². The van der Waals surface area contributed by atoms with Crippen molar-refractivity contribution in [1.82, 2.24) is 15.1 Å². The van der Waals surface area contributed by atoms with Crippen molar-refractivity contribution < 1.29 is 14.2 Å². The molecule has 2 aliphatic heterocycles. The van der Waals surface area contributed by atoms with Gasteiger partial charge in [0.05, 0.1) is 40.0 Å². The lowest BCUT2D eigenvalue weighted by atomic mass is 9.93. The van der Waals surface area contributed by atoms with Gasteiger partial charge < -0.3 is 24.4 Å². The van der Waals surface area contributed by atoms with Crippen molar-refractivity contribution in [2.24, 2.45) is 10.4 Å². The summed E-state index contributed by atoms with van der Waals surface area (Å²) >= 11 is 0. The molecule has 30 heavy (non-hydrogen) atoms. The lowest BCUT2D eigenvalue weighted by Gasteiger charge is -2.34. The minimum absolute atomic E-state index is 0.165. The number of benzene rings is 1. The van der Waals surface area contributed by atoms with Crippen LogP contribution in [-0.2, 0) is 4.74 Å². The summed E-state index contributed by atoms with van der Waals surface area (Å²) in [5.41, 5.74) is 1.53. The van der Waals surface area contributed by atoms with Crippen molar-refractivity contribution in [3.63, 3.8) is 0 Å². The molecular weight excluding hydrogens is 380 g/mol. The zero-order valence-electron chi connectivity index (χ0n) is 19.2. The fourth-order valence-corrected chi connectivity index (χ4v) is 4.27. The number of guanidine groups is 1. The molecule has 2 fully saturated rings. The maximum atomic E-state index is 5.59. The molecule has 0 saturated carbocycles. The van der Waals surface area contributed by atoms with Crippen LogP contribution in [0.4, 0.5) is 0 Å². The standard InChI is InChI=1S/C23H38N4O3/c1-6-24-22(27-10-9-23(2,3)17-27)25-16-19(26-11-13-30-14-12-26)18-7-8-20(28-4)21(15-18)29-5/h7-8,15,19H,6,9-14,16-17H2,1-5H3,(H,24,25). The van der Waals surface area contributed by atoms with Gasteiger partial charge in [-0.1, -0.05) is 19.9 Å². The zero-order chi connectivity index (χ0) is 21.6. The first kappa shape index (κ1) is 22.7. The Hall–Kier alpha value is -1.99. The molecule has 0 aliphatic carbocycles. The third kappa shape index (κ3) is 5.58. The van der Waals surface area contributed by atoms with E-state index in [0.717, 1.165) is 63.4 Å². The van der Waals surface area contributed by atoms with E-state index < -0.39 is 0 Å². The smallest absolute Gasteiger partial charge is 0.194 e. The number of nitrogens with zero attached hydrogens (tertiary/aromatic N) is 3. The summed E-state index contributed by atoms with van der Waals surface area (Å²) in [6.07, 6.45) is 1.19. The fourth-order valence-electron chi connectivity index (χ4n) is 4.27. The number of methoxy groups -OCH3 is 2. The van der Waals surface area contributed by atoms with Crippen LogP contribution in [-0.4, -0.2) is 82.5 Å². The SMILES string of the molecule is CCNC(=NCC(c1ccc(OC)c(OC)c1)N1CCOCC1)N1CCC(C)(C)C1. The molecule has 7 heteroatoms. The van der Waals surface area contributed by atoms with Gasteiger partial charge in [-0.25, -0.2) is 0 Å². The Labute approximate surface area is 181 Å². The Kier molecular flexibility index (Phi) is 7.83. The van der Waals surface area contributed by atoms with Crippen LogP contribution in [0.25, 0.3) is 0 Å². The highest BCUT2D eigenvalue weighted by atomic mass is 16.5. The maximum absolute atomic E-state index is 5.59. The summed E-state index contributed by atoms with van der Waals surface area (Å²) in [7, 11) is 3.35. The van der Waals surface area contributed by atoms with E-state index in [2.05, 4.69) is 48.0 Å². The van der Waals surface area contributed by atoms with Gasteiger partial charge in [0.2, 0.25) is 0 Å². The molecule has 1 unspecified atom stereocenters. The molecule has 1 atom stereocenters. The van der Waals surface area contributed by atoms with E-state index >= 15 is 0 Å². The quantitative estimate of drug-likeness (QED) is 0.543. The number of hydrogen-bond donors (Lipinski definition) is 1. The van der Waals surface area contributed by atoms with Crippen LogP contribution in [0.3, 0.4) is 0 Å². The summed E-state index contributed by atoms with van der Waals surface area (Å²) in [6, 6.07) is 6.36. The van der Waals surface area contributed by atoms with E-state index in [0.29, 0.717) is 12.0 Å². The molecule has 0 radical (unpaired) electrons. The highest BCUT2D eigenvalue weighted by molar-refractivity contribution is 5.80. The first-order valence-corrected chi connectivity index (χ1v) is 11.0. The second-order valence-corrected chi connectivity index (χ2v) is 8.81. The van der Waals surface area contributed by atoms with Gasteiger partial charge in [0.1, 0.15) is 0 Å². The van der Waals surface area contributed by atoms with Crippen LogP contribution in [0.2, 0.25) is 0 Å². The Morgan fingerprint density at radius 3 is 2.50 bits per heavy atom. The van der Waals surface area contributed by atoms with Crippen LogP contribution < -0.4 is 14.8 Å². The molecule has 2 saturated heterocycles. The van der Waals surface area contributed by atoms with Crippen LogP contribution in [0.15, 0.2) is 23.2 Å². The van der Waals surface area contributed by atoms with Crippen molar-refractivity contribution in [2.75, 3.05) is 66.7 Å². The van der Waals surface area contributed by atoms with E-state index in [1.807, 2.05) is 6.07 Å². The Morgan fingerprint density at radius 2 is 1.90 bits per heavy atom. The number of ether oxygens (including phenoxy) is 3. The Bertz CT molecular complexity index is 716. The number of hydrogen-bond acceptors (Lipinski definition) is 5. The summed E-state index contributed by atoms with van der Waals surface area (Å²) in [5.74, 6) is 2.52. The van der Waals surface area contributed by atoms with Gasteiger partial charge in [0.15, 0.2) is 17.5 Å². The van der Waals surface area contributed by atoms with Crippen LogP contribution in [0.5, 0.6) is 11.5 Å². The van der Waals surface area contributed by atoms with Gasteiger partial charge >= 0.3 is 0 Å². The minimum Gasteiger partial charge on any atom is -0.493 e. The van der Waals surface area contributed by atoms with E-state index in [-0.39, 0.29) is 6.04 Å². The van der Waals surface area contributed by atoms with Crippen molar-refractivity contribution in [3.05, 3.63) is 23.8 Å². The fraction of sp³-hybridized carbons (Fsp3) is 0.696. The molecule has 3 rings (SSSR count). The maximum Gasteiger partial charge on any atom is 0.194 e. The van der Waals surface area contributed by atoms with E-state index in [4.69, 9.17) is 19.2 Å². The van der Waals surface area contributed by atoms with Crippen molar-refractivity contribution in [3.8, 4) is 11.5 Å². The average Bonchev–Trinajstić information content (AvgIpc) is 3.13. The minimum atomic E-state index is 0.165. The van der Waals surface area contributed by atoms with E-state index in [1.165, 1.54) is 12.0 Å². The summed E-state index contributed by atoms with van der Waals surface area (Å²) in [4.78, 5) is 9.95. The molecule has 1 aromatic carbocycles. The molecule has 1 N–H and O–H groups in total. The molecule has 168 valence electrons. The first-order valence-electron chi connectivity index (χ1n) is 11.0. The lowest BCUT2D eigenvalue weighted by molar-refractivity contribution is 0.0179. The zero-order valence-corrected chi connectivity index (χ0v) is 19.2. The molecular formula is C23H38N4O3. The van der Waals surface area contributed by atoms with E-state index in [1.54, 1.807) is 14.2 Å². The van der Waals surface area contributed by atoms with Gasteiger partial charge in [-0.3, -0.25) is 9.89 Å². The second kappa shape index (κ2) is 10.4. The van der Waals surface area contributed by atoms with Crippen molar-refractivity contribution in [1.29, 1.82) is 0 Å². The molecule has 0 spiro atoms. The van der Waals surface area contributed by atoms with Crippen molar-refractivity contribution >= 4 is 5.96 Å². The number of aliphatic imine (C=N–C) groups is 1. The number of rotatable bonds is 7. The Balaban J connectivity index is 1.85. The van der Waals surface area contributed by atoms with Gasteiger partial charge in [0, 0.05) is 32.7 Å². The highest BCUT2D eigenvalue weighted by Gasteiger charge is 2.31. The predicted molar refractivity (Wildman–Crippen MR) is 121 cm³/mol. The van der Waals surface area contributed by atoms with Crippen LogP contribution >= 0.6 is 0 Å². The molecule has 2 heterocycles. The van der Waals surface area contributed by atoms with Gasteiger partial charge in [-0.05, 0) is 36.5 Å². The monoisotopic (exact) mass is 418 g/mol. The van der Waals surface area contributed by atoms with E-state index in [9.17, 15) is 0 Å².